The van der Waals surface area contributed by atoms with Crippen LogP contribution in [0.3, 0.4) is 0 Å². The summed E-state index contributed by atoms with van der Waals surface area (Å²) in [6.07, 6.45) is 5.97. The zero-order valence-electron chi connectivity index (χ0n) is 19.2. The minimum absolute atomic E-state index is 0.0183. The number of nitrogens with zero attached hydrogens (tertiary/aromatic N) is 1. The quantitative estimate of drug-likeness (QED) is 0.508. The van der Waals surface area contributed by atoms with Crippen LogP contribution in [-0.2, 0) is 11.2 Å². The number of Topliss-reactive ketones (excluding diaryl/α,β-unsaturated/α-hetero) is 1. The van der Waals surface area contributed by atoms with Gasteiger partial charge in [0.05, 0.1) is 19.1 Å². The van der Waals surface area contributed by atoms with Crippen molar-refractivity contribution in [1.29, 1.82) is 0 Å². The third kappa shape index (κ3) is 5.67. The van der Waals surface area contributed by atoms with Crippen molar-refractivity contribution in [3.8, 4) is 11.6 Å². The molecule has 0 radical (unpaired) electrons. The number of carbonyl (C=O) groups excluding carboxylic acids is 1. The largest absolute Gasteiger partial charge is 0.488 e. The molecule has 1 aromatic carbocycles. The fourth-order valence-corrected chi connectivity index (χ4v) is 4.50. The number of carbonyl (C=O) groups is 2. The highest BCUT2D eigenvalue weighted by molar-refractivity contribution is 5.99. The van der Waals surface area contributed by atoms with E-state index in [-0.39, 0.29) is 12.2 Å². The Morgan fingerprint density at radius 3 is 2.59 bits per heavy atom. The lowest BCUT2D eigenvalue weighted by molar-refractivity contribution is -0.151. The third-order valence-electron chi connectivity index (χ3n) is 6.66. The van der Waals surface area contributed by atoms with Crippen LogP contribution >= 0.6 is 0 Å². The highest BCUT2D eigenvalue weighted by Gasteiger charge is 2.43. The summed E-state index contributed by atoms with van der Waals surface area (Å²) in [6.45, 7) is 4.59. The number of ketones is 1. The van der Waals surface area contributed by atoms with Crippen LogP contribution in [0.15, 0.2) is 36.5 Å². The number of benzene rings is 1. The van der Waals surface area contributed by atoms with Gasteiger partial charge in [-0.1, -0.05) is 43.2 Å². The second-order valence-electron chi connectivity index (χ2n) is 8.86. The number of ether oxygens (including phenoxy) is 2. The number of hydrogen-bond donors (Lipinski definition) is 1. The topological polar surface area (TPSA) is 85.7 Å². The standard InChI is InChI=1S/C26H33NO5/c1-4-19-8-11-26(12-9-19,25(29)30)16-22(28)21-15-23(24(31-3)27-17-21)32-13-10-20-7-5-6-18(2)14-20/h5-7,14-15,17,19H,4,8-13,16H2,1-3H3,(H,29,30). The monoisotopic (exact) mass is 439 g/mol. The summed E-state index contributed by atoms with van der Waals surface area (Å²) < 4.78 is 11.2. The van der Waals surface area contributed by atoms with Gasteiger partial charge in [0, 0.05) is 24.6 Å². The first-order chi connectivity index (χ1) is 15.4. The van der Waals surface area contributed by atoms with E-state index in [0.29, 0.717) is 49.0 Å². The maximum Gasteiger partial charge on any atom is 0.310 e. The van der Waals surface area contributed by atoms with Crippen molar-refractivity contribution < 1.29 is 24.2 Å². The van der Waals surface area contributed by atoms with Crippen molar-refractivity contribution in [3.63, 3.8) is 0 Å². The van der Waals surface area contributed by atoms with Gasteiger partial charge in [0.15, 0.2) is 11.5 Å². The van der Waals surface area contributed by atoms with Crippen LogP contribution < -0.4 is 9.47 Å². The minimum Gasteiger partial charge on any atom is -0.488 e. The molecule has 0 aliphatic heterocycles. The zero-order chi connectivity index (χ0) is 23.1. The summed E-state index contributed by atoms with van der Waals surface area (Å²) in [5.41, 5.74) is 1.72. The fourth-order valence-electron chi connectivity index (χ4n) is 4.50. The molecule has 32 heavy (non-hydrogen) atoms. The van der Waals surface area contributed by atoms with E-state index in [1.54, 1.807) is 6.07 Å². The van der Waals surface area contributed by atoms with Gasteiger partial charge in [0.25, 0.3) is 5.88 Å². The maximum atomic E-state index is 13.1. The van der Waals surface area contributed by atoms with Gasteiger partial charge in [-0.2, -0.15) is 0 Å². The van der Waals surface area contributed by atoms with Crippen molar-refractivity contribution in [2.75, 3.05) is 13.7 Å². The number of pyridine rings is 1. The molecular formula is C26H33NO5. The first kappa shape index (κ1) is 23.8. The summed E-state index contributed by atoms with van der Waals surface area (Å²) in [5, 5.41) is 9.91. The summed E-state index contributed by atoms with van der Waals surface area (Å²) in [7, 11) is 1.50. The molecule has 1 saturated carbocycles. The van der Waals surface area contributed by atoms with E-state index in [0.717, 1.165) is 24.8 Å². The summed E-state index contributed by atoms with van der Waals surface area (Å²) in [6, 6.07) is 9.84. The normalized spacial score (nSPS) is 20.5. The van der Waals surface area contributed by atoms with Crippen molar-refractivity contribution in [2.24, 2.45) is 11.3 Å². The van der Waals surface area contributed by atoms with Crippen LogP contribution in [-0.4, -0.2) is 35.6 Å². The molecule has 2 aromatic rings. The van der Waals surface area contributed by atoms with E-state index in [1.807, 2.05) is 25.1 Å². The Morgan fingerprint density at radius 1 is 1.22 bits per heavy atom. The summed E-state index contributed by atoms with van der Waals surface area (Å²) in [4.78, 5) is 29.4. The molecule has 1 aromatic heterocycles. The number of hydrogen-bond acceptors (Lipinski definition) is 5. The van der Waals surface area contributed by atoms with Gasteiger partial charge >= 0.3 is 5.97 Å². The molecule has 172 valence electrons. The molecule has 0 atom stereocenters. The number of methoxy groups -OCH3 is 1. The summed E-state index contributed by atoms with van der Waals surface area (Å²) >= 11 is 0. The Labute approximate surface area is 190 Å². The molecule has 1 aliphatic carbocycles. The average Bonchev–Trinajstić information content (AvgIpc) is 2.79. The van der Waals surface area contributed by atoms with Crippen LogP contribution in [0.4, 0.5) is 0 Å². The number of rotatable bonds is 10. The lowest BCUT2D eigenvalue weighted by Crippen LogP contribution is -2.37. The first-order valence-corrected chi connectivity index (χ1v) is 11.4. The molecule has 3 rings (SSSR count). The predicted octanol–water partition coefficient (Wildman–Crippen LogP) is 5.26. The van der Waals surface area contributed by atoms with E-state index in [9.17, 15) is 14.7 Å². The van der Waals surface area contributed by atoms with Crippen LogP contribution in [0.2, 0.25) is 0 Å². The van der Waals surface area contributed by atoms with E-state index in [4.69, 9.17) is 9.47 Å². The molecule has 6 nitrogen and oxygen atoms in total. The Balaban J connectivity index is 1.70. The van der Waals surface area contributed by atoms with Crippen LogP contribution in [0.1, 0.15) is 66.9 Å². The second-order valence-corrected chi connectivity index (χ2v) is 8.86. The number of carboxylic acids is 1. The number of carboxylic acid groups (broad SMARTS) is 1. The maximum absolute atomic E-state index is 13.1. The van der Waals surface area contributed by atoms with E-state index in [1.165, 1.54) is 18.9 Å². The zero-order valence-corrected chi connectivity index (χ0v) is 19.2. The number of aromatic nitrogens is 1. The van der Waals surface area contributed by atoms with E-state index in [2.05, 4.69) is 18.0 Å². The second kappa shape index (κ2) is 10.6. The Hall–Kier alpha value is -2.89. The van der Waals surface area contributed by atoms with Crippen LogP contribution in [0.25, 0.3) is 0 Å². The Bertz CT molecular complexity index is 947. The molecule has 0 unspecified atom stereocenters. The molecule has 1 fully saturated rings. The van der Waals surface area contributed by atoms with Gasteiger partial charge in [0.1, 0.15) is 0 Å². The first-order valence-electron chi connectivity index (χ1n) is 11.4. The Morgan fingerprint density at radius 2 is 1.97 bits per heavy atom. The Kier molecular flexibility index (Phi) is 7.89. The number of aryl methyl sites for hydroxylation is 1. The molecule has 1 heterocycles. The summed E-state index contributed by atoms with van der Waals surface area (Å²) in [5.74, 6) is 0.151. The van der Waals surface area contributed by atoms with Crippen molar-refractivity contribution in [3.05, 3.63) is 53.2 Å². The van der Waals surface area contributed by atoms with E-state index >= 15 is 0 Å². The molecule has 0 spiro atoms. The average molecular weight is 440 g/mol. The lowest BCUT2D eigenvalue weighted by atomic mass is 9.67. The molecule has 0 amide bonds. The van der Waals surface area contributed by atoms with Crippen LogP contribution in [0, 0.1) is 18.3 Å². The SMILES string of the molecule is CCC1CCC(CC(=O)c2cnc(OC)c(OCCc3cccc(C)c3)c2)(C(=O)O)CC1. The van der Waals surface area contributed by atoms with E-state index < -0.39 is 11.4 Å². The highest BCUT2D eigenvalue weighted by Crippen LogP contribution is 2.43. The predicted molar refractivity (Wildman–Crippen MR) is 122 cm³/mol. The van der Waals surface area contributed by atoms with Crippen LogP contribution in [0.5, 0.6) is 11.6 Å². The number of aliphatic carboxylic acids is 1. The minimum atomic E-state index is -0.991. The third-order valence-corrected chi connectivity index (χ3v) is 6.66. The van der Waals surface area contributed by atoms with Gasteiger partial charge in [-0.25, -0.2) is 4.98 Å². The molecule has 6 heteroatoms. The van der Waals surface area contributed by atoms with Gasteiger partial charge in [-0.3, -0.25) is 9.59 Å². The molecule has 1 aliphatic rings. The van der Waals surface area contributed by atoms with Crippen molar-refractivity contribution in [1.82, 2.24) is 4.98 Å². The van der Waals surface area contributed by atoms with Gasteiger partial charge in [-0.15, -0.1) is 0 Å². The fraction of sp³-hybridized carbons (Fsp3) is 0.500. The molecular weight excluding hydrogens is 406 g/mol. The van der Waals surface area contributed by atoms with Gasteiger partial charge in [0.2, 0.25) is 0 Å². The lowest BCUT2D eigenvalue weighted by Gasteiger charge is -2.36. The van der Waals surface area contributed by atoms with Crippen molar-refractivity contribution >= 4 is 11.8 Å². The molecule has 0 saturated heterocycles. The molecule has 1 N–H and O–H groups in total. The highest BCUT2D eigenvalue weighted by atomic mass is 16.5. The van der Waals surface area contributed by atoms with Gasteiger partial charge < -0.3 is 14.6 Å². The van der Waals surface area contributed by atoms with Crippen molar-refractivity contribution in [2.45, 2.75) is 58.8 Å². The van der Waals surface area contributed by atoms with Gasteiger partial charge in [-0.05, 0) is 50.2 Å². The molecule has 0 bridgehead atoms. The smallest absolute Gasteiger partial charge is 0.310 e.